The molecule has 0 radical (unpaired) electrons. The van der Waals surface area contributed by atoms with Gasteiger partial charge in [-0.3, -0.25) is 4.79 Å². The summed E-state index contributed by atoms with van der Waals surface area (Å²) in [5.41, 5.74) is 2.14. The summed E-state index contributed by atoms with van der Waals surface area (Å²) in [4.78, 5) is 16.7. The van der Waals surface area contributed by atoms with E-state index in [1.165, 1.54) is 5.56 Å². The van der Waals surface area contributed by atoms with Gasteiger partial charge in [-0.2, -0.15) is 0 Å². The van der Waals surface area contributed by atoms with Crippen molar-refractivity contribution in [3.05, 3.63) is 48.5 Å². The van der Waals surface area contributed by atoms with Gasteiger partial charge in [0.15, 0.2) is 0 Å². The fourth-order valence-corrected chi connectivity index (χ4v) is 3.95. The first kappa shape index (κ1) is 21.5. The second-order valence-electron chi connectivity index (χ2n) is 7.17. The number of hydrogen-bond acceptors (Lipinski definition) is 3. The lowest BCUT2D eigenvalue weighted by molar-refractivity contribution is -0.120. The van der Waals surface area contributed by atoms with Gasteiger partial charge in [-0.1, -0.05) is 38.8 Å². The Morgan fingerprint density at radius 3 is 2.44 bits per heavy atom. The molecule has 0 aliphatic carbocycles. The Hall–Kier alpha value is -1.85. The van der Waals surface area contributed by atoms with Gasteiger partial charge >= 0.3 is 0 Å². The number of aromatic nitrogens is 2. The molecule has 0 saturated carbocycles. The molecule has 27 heavy (non-hydrogen) atoms. The van der Waals surface area contributed by atoms with Crippen LogP contribution in [0.5, 0.6) is 0 Å². The van der Waals surface area contributed by atoms with E-state index in [-0.39, 0.29) is 30.3 Å². The lowest BCUT2D eigenvalue weighted by Crippen LogP contribution is -2.34. The van der Waals surface area contributed by atoms with Crippen molar-refractivity contribution in [3.8, 4) is 0 Å². The molecule has 2 N–H and O–H groups in total. The predicted octanol–water partition coefficient (Wildman–Crippen LogP) is 4.27. The van der Waals surface area contributed by atoms with E-state index < -0.39 is 0 Å². The van der Waals surface area contributed by atoms with Crippen LogP contribution in [0.1, 0.15) is 51.1 Å². The second-order valence-corrected chi connectivity index (χ2v) is 7.17. The second kappa shape index (κ2) is 10.5. The van der Waals surface area contributed by atoms with Crippen molar-refractivity contribution in [2.75, 3.05) is 18.4 Å². The van der Waals surface area contributed by atoms with Crippen LogP contribution in [0.25, 0.3) is 0 Å². The van der Waals surface area contributed by atoms with E-state index >= 15 is 0 Å². The standard InChI is InChI=1S/C21H30N4O.ClH/c1-3-16(4-2)20(25-14-13-23-15-25)17-5-7-19(8-6-17)24-21(26)18-9-11-22-12-10-18;/h5-8,13-16,18,20,22H,3-4,9-12H2,1-2H3,(H,24,26);1H. The number of rotatable bonds is 7. The number of piperidine rings is 1. The Balaban J connectivity index is 0.00000261. The summed E-state index contributed by atoms with van der Waals surface area (Å²) in [6, 6.07) is 8.62. The number of anilines is 1. The van der Waals surface area contributed by atoms with Gasteiger partial charge < -0.3 is 15.2 Å². The van der Waals surface area contributed by atoms with Gasteiger partial charge in [-0.25, -0.2) is 4.98 Å². The number of amides is 1. The van der Waals surface area contributed by atoms with Crippen LogP contribution in [-0.4, -0.2) is 28.5 Å². The molecule has 1 saturated heterocycles. The Bertz CT molecular complexity index is 677. The fraction of sp³-hybridized carbons (Fsp3) is 0.524. The molecular formula is C21H31ClN4O. The van der Waals surface area contributed by atoms with Gasteiger partial charge in [0, 0.05) is 24.0 Å². The van der Waals surface area contributed by atoms with Crippen LogP contribution in [0.15, 0.2) is 43.0 Å². The van der Waals surface area contributed by atoms with E-state index in [4.69, 9.17) is 0 Å². The average Bonchev–Trinajstić information content (AvgIpc) is 3.21. The average molecular weight is 391 g/mol. The molecule has 2 aromatic rings. The van der Waals surface area contributed by atoms with Crippen LogP contribution in [0.2, 0.25) is 0 Å². The zero-order chi connectivity index (χ0) is 18.4. The Labute approximate surface area is 168 Å². The highest BCUT2D eigenvalue weighted by Gasteiger charge is 2.23. The number of imidazole rings is 1. The number of hydrogen-bond donors (Lipinski definition) is 2. The minimum absolute atomic E-state index is 0. The molecule has 5 nitrogen and oxygen atoms in total. The third kappa shape index (κ3) is 5.33. The van der Waals surface area contributed by atoms with Gasteiger partial charge in [0.05, 0.1) is 12.4 Å². The van der Waals surface area contributed by atoms with Gasteiger partial charge in [0.2, 0.25) is 5.91 Å². The summed E-state index contributed by atoms with van der Waals surface area (Å²) in [5.74, 6) is 0.823. The van der Waals surface area contributed by atoms with Crippen molar-refractivity contribution in [2.24, 2.45) is 11.8 Å². The van der Waals surface area contributed by atoms with Crippen molar-refractivity contribution in [1.82, 2.24) is 14.9 Å². The number of halogens is 1. The van der Waals surface area contributed by atoms with Crippen LogP contribution < -0.4 is 10.6 Å². The largest absolute Gasteiger partial charge is 0.330 e. The molecule has 0 spiro atoms. The maximum atomic E-state index is 12.4. The fourth-order valence-electron chi connectivity index (χ4n) is 3.95. The molecule has 1 aliphatic rings. The first-order valence-corrected chi connectivity index (χ1v) is 9.81. The number of carbonyl (C=O) groups excluding carboxylic acids is 1. The monoisotopic (exact) mass is 390 g/mol. The first-order chi connectivity index (χ1) is 12.7. The molecule has 1 aromatic carbocycles. The Morgan fingerprint density at radius 1 is 1.22 bits per heavy atom. The van der Waals surface area contributed by atoms with Gasteiger partial charge in [-0.05, 0) is 49.5 Å². The van der Waals surface area contributed by atoms with Crippen molar-refractivity contribution >= 4 is 24.0 Å². The molecule has 1 aromatic heterocycles. The highest BCUT2D eigenvalue weighted by Crippen LogP contribution is 2.32. The smallest absolute Gasteiger partial charge is 0.227 e. The number of carbonyl (C=O) groups is 1. The summed E-state index contributed by atoms with van der Waals surface area (Å²) in [6.07, 6.45) is 9.85. The zero-order valence-electron chi connectivity index (χ0n) is 16.2. The van der Waals surface area contributed by atoms with Crippen molar-refractivity contribution < 1.29 is 4.79 Å². The normalized spacial score (nSPS) is 16.0. The third-order valence-corrected chi connectivity index (χ3v) is 5.57. The van der Waals surface area contributed by atoms with Gasteiger partial charge in [0.1, 0.15) is 0 Å². The van der Waals surface area contributed by atoms with Crippen LogP contribution in [0.4, 0.5) is 5.69 Å². The van der Waals surface area contributed by atoms with Crippen LogP contribution >= 0.6 is 12.4 Å². The Kier molecular flexibility index (Phi) is 8.32. The van der Waals surface area contributed by atoms with Gasteiger partial charge in [0.25, 0.3) is 0 Å². The number of nitrogens with zero attached hydrogens (tertiary/aromatic N) is 2. The zero-order valence-corrected chi connectivity index (χ0v) is 17.0. The van der Waals surface area contributed by atoms with E-state index in [1.807, 2.05) is 30.9 Å². The summed E-state index contributed by atoms with van der Waals surface area (Å²) >= 11 is 0. The SMILES string of the molecule is CCC(CC)C(c1ccc(NC(=O)C2CCNCC2)cc1)n1ccnc1.Cl. The molecular weight excluding hydrogens is 360 g/mol. The summed E-state index contributed by atoms with van der Waals surface area (Å²) in [5, 5.41) is 6.38. The first-order valence-electron chi connectivity index (χ1n) is 9.81. The number of benzene rings is 1. The third-order valence-electron chi connectivity index (χ3n) is 5.57. The van der Waals surface area contributed by atoms with E-state index in [1.54, 1.807) is 0 Å². The molecule has 6 heteroatoms. The van der Waals surface area contributed by atoms with Gasteiger partial charge in [-0.15, -0.1) is 12.4 Å². The quantitative estimate of drug-likeness (QED) is 0.742. The minimum atomic E-state index is 0. The highest BCUT2D eigenvalue weighted by molar-refractivity contribution is 5.92. The molecule has 148 valence electrons. The van der Waals surface area contributed by atoms with Crippen molar-refractivity contribution in [2.45, 2.75) is 45.6 Å². The Morgan fingerprint density at radius 2 is 1.89 bits per heavy atom. The lowest BCUT2D eigenvalue weighted by atomic mass is 9.88. The van der Waals surface area contributed by atoms with Crippen LogP contribution in [0, 0.1) is 11.8 Å². The summed E-state index contributed by atoms with van der Waals surface area (Å²) < 4.78 is 2.19. The summed E-state index contributed by atoms with van der Waals surface area (Å²) in [7, 11) is 0. The molecule has 1 amide bonds. The van der Waals surface area contributed by atoms with Crippen molar-refractivity contribution in [1.29, 1.82) is 0 Å². The molecule has 1 fully saturated rings. The van der Waals surface area contributed by atoms with Crippen LogP contribution in [-0.2, 0) is 4.79 Å². The van der Waals surface area contributed by atoms with E-state index in [0.29, 0.717) is 5.92 Å². The molecule has 1 atom stereocenters. The highest BCUT2D eigenvalue weighted by atomic mass is 35.5. The van der Waals surface area contributed by atoms with Crippen molar-refractivity contribution in [3.63, 3.8) is 0 Å². The molecule has 2 heterocycles. The van der Waals surface area contributed by atoms with E-state index in [2.05, 4.69) is 46.2 Å². The lowest BCUT2D eigenvalue weighted by Gasteiger charge is -2.27. The molecule has 3 rings (SSSR count). The van der Waals surface area contributed by atoms with E-state index in [0.717, 1.165) is 44.5 Å². The minimum Gasteiger partial charge on any atom is -0.330 e. The maximum Gasteiger partial charge on any atom is 0.227 e. The topological polar surface area (TPSA) is 59.0 Å². The number of nitrogens with one attached hydrogen (secondary N) is 2. The van der Waals surface area contributed by atoms with Crippen LogP contribution in [0.3, 0.4) is 0 Å². The summed E-state index contributed by atoms with van der Waals surface area (Å²) in [6.45, 7) is 6.34. The maximum absolute atomic E-state index is 12.4. The predicted molar refractivity (Wildman–Crippen MR) is 112 cm³/mol. The molecule has 0 bridgehead atoms. The molecule has 1 unspecified atom stereocenters. The molecule has 1 aliphatic heterocycles. The van der Waals surface area contributed by atoms with E-state index in [9.17, 15) is 4.79 Å².